The van der Waals surface area contributed by atoms with Gasteiger partial charge in [0.1, 0.15) is 17.0 Å². The van der Waals surface area contributed by atoms with Gasteiger partial charge in [-0.15, -0.1) is 0 Å². The zero-order valence-corrected chi connectivity index (χ0v) is 35.1. The Morgan fingerprint density at radius 3 is 1.59 bits per heavy atom. The molecule has 0 aliphatic heterocycles. The largest absolute Gasteiger partial charge is 0.465 e. The summed E-state index contributed by atoms with van der Waals surface area (Å²) in [6, 6.07) is 7.34. The van der Waals surface area contributed by atoms with Gasteiger partial charge in [0, 0.05) is 16.7 Å². The minimum absolute atomic E-state index is 0.0126. The first-order valence-electron chi connectivity index (χ1n) is 19.1. The van der Waals surface area contributed by atoms with Gasteiger partial charge in [-0.3, -0.25) is 9.44 Å². The van der Waals surface area contributed by atoms with E-state index < -0.39 is 31.6 Å². The van der Waals surface area contributed by atoms with Gasteiger partial charge in [0.05, 0.1) is 58.7 Å². The third kappa shape index (κ3) is 8.06. The van der Waals surface area contributed by atoms with Gasteiger partial charge in [-0.2, -0.15) is 0 Å². The van der Waals surface area contributed by atoms with Crippen molar-refractivity contribution in [3.8, 4) is 22.3 Å². The molecular weight excluding hydrogens is 789 g/mol. The topological polar surface area (TPSA) is 248 Å². The number of imidazole rings is 2. The molecule has 0 radical (unpaired) electrons. The van der Waals surface area contributed by atoms with E-state index in [-0.39, 0.29) is 29.3 Å². The fourth-order valence-electron chi connectivity index (χ4n) is 8.84. The van der Waals surface area contributed by atoms with Gasteiger partial charge in [0.15, 0.2) is 0 Å². The lowest BCUT2D eigenvalue weighted by atomic mass is 9.70. The molecule has 2 aromatic carbocycles. The molecule has 0 unspecified atom stereocenters. The van der Waals surface area contributed by atoms with Crippen LogP contribution >= 0.6 is 0 Å². The van der Waals surface area contributed by atoms with Crippen molar-refractivity contribution in [2.24, 2.45) is 11.8 Å². The standard InChI is InChI=1S/C24H32N4O4S.C15H16N4O5S/c1-14-21(15(2)32-27-14)16-12-19(22-20(13-16)25-23(26-22)28-33(3,30)31)24(29,17-8-4-5-9-17)18-10-6-7-11-18;1-7-12(8(2)24-18-7)9-5-10(14(20)23-3)13-11(6-9)16-15(17-13)19-25(4,21)22/h12-13,17-18,29H,4-11H2,1-3H3,(H2,25,26,28);5-6H,1-4H3,(H2,16,17,19). The first-order valence-corrected chi connectivity index (χ1v) is 22.8. The third-order valence-electron chi connectivity index (χ3n) is 11.2. The quantitative estimate of drug-likeness (QED) is 0.0896. The van der Waals surface area contributed by atoms with Crippen LogP contribution in [0.5, 0.6) is 0 Å². The summed E-state index contributed by atoms with van der Waals surface area (Å²) in [7, 11) is -5.75. The molecule has 2 saturated carbocycles. The molecule has 0 spiro atoms. The second-order valence-electron chi connectivity index (χ2n) is 15.4. The lowest BCUT2D eigenvalue weighted by Crippen LogP contribution is -2.41. The molecule has 19 heteroatoms. The zero-order valence-electron chi connectivity index (χ0n) is 33.4. The normalized spacial score (nSPS) is 15.6. The van der Waals surface area contributed by atoms with Crippen molar-refractivity contribution >= 4 is 60.0 Å². The van der Waals surface area contributed by atoms with Crippen LogP contribution in [0.4, 0.5) is 11.9 Å². The van der Waals surface area contributed by atoms with Crippen LogP contribution < -0.4 is 9.44 Å². The summed E-state index contributed by atoms with van der Waals surface area (Å²) in [4.78, 5) is 26.9. The lowest BCUT2D eigenvalue weighted by molar-refractivity contribution is -0.0722. The second-order valence-corrected chi connectivity index (χ2v) is 18.9. The molecule has 0 bridgehead atoms. The van der Waals surface area contributed by atoms with Crippen molar-refractivity contribution in [3.05, 3.63) is 58.3 Å². The number of nitrogens with zero attached hydrogens (tertiary/aromatic N) is 4. The Balaban J connectivity index is 0.000000184. The Labute approximate surface area is 335 Å². The fraction of sp³-hybridized carbons (Fsp3) is 0.462. The van der Waals surface area contributed by atoms with E-state index in [1.807, 2.05) is 26.0 Å². The Bertz CT molecular complexity index is 2680. The molecule has 17 nitrogen and oxygen atoms in total. The van der Waals surface area contributed by atoms with E-state index in [0.29, 0.717) is 44.8 Å². The van der Waals surface area contributed by atoms with E-state index in [1.165, 1.54) is 7.11 Å². The maximum Gasteiger partial charge on any atom is 0.340 e. The number of carbonyl (C=O) groups is 1. The number of anilines is 2. The molecule has 5 N–H and O–H groups in total. The van der Waals surface area contributed by atoms with E-state index in [2.05, 4.69) is 39.7 Å². The van der Waals surface area contributed by atoms with Crippen LogP contribution in [-0.2, 0) is 30.4 Å². The number of aromatic nitrogens is 6. The van der Waals surface area contributed by atoms with Gasteiger partial charge in [-0.25, -0.2) is 31.6 Å². The van der Waals surface area contributed by atoms with E-state index >= 15 is 0 Å². The summed E-state index contributed by atoms with van der Waals surface area (Å²) in [6.45, 7) is 7.33. The smallest absolute Gasteiger partial charge is 0.340 e. The molecule has 6 aromatic rings. The van der Waals surface area contributed by atoms with Crippen molar-refractivity contribution in [3.63, 3.8) is 0 Å². The van der Waals surface area contributed by atoms with Crippen molar-refractivity contribution in [2.45, 2.75) is 84.7 Å². The highest BCUT2D eigenvalue weighted by molar-refractivity contribution is 7.92. The minimum Gasteiger partial charge on any atom is -0.465 e. The van der Waals surface area contributed by atoms with Gasteiger partial charge < -0.3 is 28.9 Å². The second kappa shape index (κ2) is 15.5. The average molecular weight is 837 g/mol. The number of sulfonamides is 2. The van der Waals surface area contributed by atoms with Crippen LogP contribution in [0.3, 0.4) is 0 Å². The predicted octanol–water partition coefficient (Wildman–Crippen LogP) is 6.77. The number of aliphatic hydroxyl groups is 1. The lowest BCUT2D eigenvalue weighted by Gasteiger charge is -2.40. The maximum absolute atomic E-state index is 12.6. The first kappa shape index (κ1) is 40.9. The highest BCUT2D eigenvalue weighted by Gasteiger charge is 2.48. The van der Waals surface area contributed by atoms with Crippen LogP contribution in [0.25, 0.3) is 44.3 Å². The molecule has 0 atom stereocenters. The third-order valence-corrected chi connectivity index (χ3v) is 12.3. The van der Waals surface area contributed by atoms with Crippen LogP contribution in [0.2, 0.25) is 0 Å². The van der Waals surface area contributed by atoms with Crippen LogP contribution in [0.15, 0.2) is 33.3 Å². The van der Waals surface area contributed by atoms with Crippen molar-refractivity contribution in [1.82, 2.24) is 30.2 Å². The van der Waals surface area contributed by atoms with Gasteiger partial charge in [0.25, 0.3) is 0 Å². The molecule has 2 aliphatic carbocycles. The number of hydrogen-bond acceptors (Lipinski definition) is 13. The molecule has 0 amide bonds. The number of rotatable bonds is 10. The summed E-state index contributed by atoms with van der Waals surface area (Å²) in [5.41, 5.74) is 6.70. The van der Waals surface area contributed by atoms with Crippen molar-refractivity contribution < 1.29 is 40.5 Å². The molecule has 4 aromatic heterocycles. The summed E-state index contributed by atoms with van der Waals surface area (Å²) in [6.07, 6.45) is 10.5. The van der Waals surface area contributed by atoms with Crippen LogP contribution in [0, 0.1) is 39.5 Å². The van der Waals surface area contributed by atoms with Gasteiger partial charge in [-0.1, -0.05) is 36.0 Å². The number of nitrogens with one attached hydrogen (secondary N) is 4. The number of ether oxygens (including phenoxy) is 1. The molecule has 2 fully saturated rings. The monoisotopic (exact) mass is 836 g/mol. The first-order chi connectivity index (χ1) is 27.4. The number of methoxy groups -OCH3 is 1. The summed E-state index contributed by atoms with van der Waals surface area (Å²) >= 11 is 0. The van der Waals surface area contributed by atoms with Gasteiger partial charge in [0.2, 0.25) is 31.9 Å². The number of H-pyrrole nitrogens is 2. The highest BCUT2D eigenvalue weighted by atomic mass is 32.2. The van der Waals surface area contributed by atoms with Crippen molar-refractivity contribution in [1.29, 1.82) is 0 Å². The maximum atomic E-state index is 12.6. The Morgan fingerprint density at radius 1 is 0.741 bits per heavy atom. The number of fused-ring (bicyclic) bond motifs is 2. The molecule has 0 saturated heterocycles. The molecular formula is C39H48N8O9S2. The molecule has 8 rings (SSSR count). The SMILES string of the molecule is COC(=O)c1cc(-c2c(C)noc2C)cc2[nH]c(NS(C)(=O)=O)nc12.Cc1noc(C)c1-c1cc(C(O)(C2CCCC2)C2CCCC2)c2nc(NS(C)(=O)=O)[nH]c2c1. The Hall–Kier alpha value is -5.27. The van der Waals surface area contributed by atoms with Gasteiger partial charge >= 0.3 is 5.97 Å². The molecule has 2 aliphatic rings. The number of benzene rings is 2. The number of carbonyl (C=O) groups excluding carboxylic acids is 1. The Morgan fingerprint density at radius 2 is 1.17 bits per heavy atom. The zero-order chi connectivity index (χ0) is 41.7. The number of esters is 1. The predicted molar refractivity (Wildman–Crippen MR) is 218 cm³/mol. The number of hydrogen-bond donors (Lipinski definition) is 5. The van der Waals surface area contributed by atoms with E-state index in [1.54, 1.807) is 26.0 Å². The molecule has 58 heavy (non-hydrogen) atoms. The molecule has 4 heterocycles. The summed E-state index contributed by atoms with van der Waals surface area (Å²) in [5.74, 6) is 1.21. The molecule has 310 valence electrons. The van der Waals surface area contributed by atoms with Crippen LogP contribution in [-0.4, -0.2) is 77.8 Å². The fourth-order valence-corrected chi connectivity index (χ4v) is 9.73. The van der Waals surface area contributed by atoms with E-state index in [9.17, 15) is 26.7 Å². The minimum atomic E-state index is -3.52. The summed E-state index contributed by atoms with van der Waals surface area (Å²) in [5, 5.41) is 20.6. The van der Waals surface area contributed by atoms with E-state index in [4.69, 9.17) is 13.8 Å². The van der Waals surface area contributed by atoms with Crippen LogP contribution in [0.1, 0.15) is 90.2 Å². The van der Waals surface area contributed by atoms with Gasteiger partial charge in [-0.05, 0) is 101 Å². The number of aromatic amines is 2. The average Bonchev–Trinajstić information content (AvgIpc) is 4.00. The van der Waals surface area contributed by atoms with Crippen molar-refractivity contribution in [2.75, 3.05) is 29.1 Å². The highest BCUT2D eigenvalue weighted by Crippen LogP contribution is 2.52. The Kier molecular flexibility index (Phi) is 10.9. The summed E-state index contributed by atoms with van der Waals surface area (Å²) < 4.78 is 66.7. The van der Waals surface area contributed by atoms with E-state index in [0.717, 1.165) is 91.8 Å². The number of aryl methyl sites for hydroxylation is 4.